The number of carboxylic acids is 1. The van der Waals surface area contributed by atoms with E-state index in [1.54, 1.807) is 4.57 Å². The van der Waals surface area contributed by atoms with Crippen molar-refractivity contribution in [2.24, 2.45) is 5.10 Å². The Morgan fingerprint density at radius 2 is 2.00 bits per heavy atom. The van der Waals surface area contributed by atoms with Crippen molar-refractivity contribution in [1.82, 2.24) is 19.8 Å². The molecule has 212 valence electrons. The first-order valence-corrected chi connectivity index (χ1v) is 13.5. The quantitative estimate of drug-likeness (QED) is 0.435. The van der Waals surface area contributed by atoms with Crippen LogP contribution in [0, 0.1) is 5.82 Å². The first-order valence-electron chi connectivity index (χ1n) is 13.5. The number of halogens is 1. The number of anilines is 1. The van der Waals surface area contributed by atoms with E-state index in [9.17, 15) is 14.7 Å². The fourth-order valence-corrected chi connectivity index (χ4v) is 5.57. The SMILES string of the molecule is COc1c(N2CCN(Cc3ccc(C4=NNC(N(C)C)C4)o3)CC2)c(F)cc2c(=O)c(C(=O)O)cn(C3CC3)c12. The number of aromatic nitrogens is 1. The molecule has 0 radical (unpaired) electrons. The summed E-state index contributed by atoms with van der Waals surface area (Å²) in [6, 6.07) is 5.15. The van der Waals surface area contributed by atoms with Gasteiger partial charge in [0.15, 0.2) is 11.6 Å². The van der Waals surface area contributed by atoms with E-state index < -0.39 is 17.2 Å². The van der Waals surface area contributed by atoms with Crippen molar-refractivity contribution in [3.63, 3.8) is 0 Å². The average molecular weight is 553 g/mol. The number of carbonyl (C=O) groups is 1. The molecule has 2 N–H and O–H groups in total. The summed E-state index contributed by atoms with van der Waals surface area (Å²) in [6.45, 7) is 3.08. The molecule has 3 aromatic rings. The van der Waals surface area contributed by atoms with Gasteiger partial charge in [0, 0.05) is 44.8 Å². The van der Waals surface area contributed by atoms with Gasteiger partial charge in [-0.1, -0.05) is 0 Å². The predicted octanol–water partition coefficient (Wildman–Crippen LogP) is 2.68. The lowest BCUT2D eigenvalue weighted by molar-refractivity contribution is 0.0694. The number of ether oxygens (including phenoxy) is 1. The number of carboxylic acid groups (broad SMARTS) is 1. The van der Waals surface area contributed by atoms with E-state index in [1.807, 2.05) is 31.1 Å². The van der Waals surface area contributed by atoms with Gasteiger partial charge in [0.1, 0.15) is 34.6 Å². The molecule has 0 spiro atoms. The number of nitrogens with one attached hydrogen (secondary N) is 1. The molecule has 12 heteroatoms. The van der Waals surface area contributed by atoms with Gasteiger partial charge in [-0.2, -0.15) is 5.10 Å². The normalized spacial score (nSPS) is 19.8. The number of nitrogens with zero attached hydrogens (tertiary/aromatic N) is 5. The van der Waals surface area contributed by atoms with Crippen LogP contribution < -0.4 is 20.5 Å². The van der Waals surface area contributed by atoms with E-state index in [0.29, 0.717) is 43.9 Å². The van der Waals surface area contributed by atoms with Crippen LogP contribution >= 0.6 is 0 Å². The molecule has 2 aromatic heterocycles. The Hall–Kier alpha value is -3.90. The maximum absolute atomic E-state index is 15.6. The standard InChI is InChI=1S/C28H33FN6O5/c1-32(2)23-13-21(30-31-23)22-7-6-17(40-22)14-33-8-10-34(11-9-33)25-20(29)12-18-24(27(25)39-3)35(16-4-5-16)15-19(26(18)36)28(37)38/h6-7,12,15-16,23,31H,4-5,8-11,13-14H2,1-3H3,(H,37,38). The molecule has 1 aromatic carbocycles. The highest BCUT2D eigenvalue weighted by Gasteiger charge is 2.32. The third-order valence-electron chi connectivity index (χ3n) is 7.95. The average Bonchev–Trinajstić information content (AvgIpc) is 3.46. The smallest absolute Gasteiger partial charge is 0.341 e. The largest absolute Gasteiger partial charge is 0.492 e. The van der Waals surface area contributed by atoms with E-state index in [0.717, 1.165) is 36.5 Å². The van der Waals surface area contributed by atoms with E-state index in [1.165, 1.54) is 19.4 Å². The number of piperazine rings is 1. The number of hydrazone groups is 1. The number of hydrogen-bond acceptors (Lipinski definition) is 9. The van der Waals surface area contributed by atoms with Gasteiger partial charge >= 0.3 is 5.97 Å². The molecule has 0 bridgehead atoms. The summed E-state index contributed by atoms with van der Waals surface area (Å²) in [7, 11) is 5.47. The van der Waals surface area contributed by atoms with Gasteiger partial charge in [-0.3, -0.25) is 20.0 Å². The van der Waals surface area contributed by atoms with Gasteiger partial charge < -0.3 is 23.7 Å². The summed E-state index contributed by atoms with van der Waals surface area (Å²) in [5.74, 6) is -0.0486. The lowest BCUT2D eigenvalue weighted by Gasteiger charge is -2.36. The second-order valence-corrected chi connectivity index (χ2v) is 10.9. The molecular weight excluding hydrogens is 519 g/mol. The molecular formula is C28H33FN6O5. The summed E-state index contributed by atoms with van der Waals surface area (Å²) >= 11 is 0. The van der Waals surface area contributed by atoms with Crippen molar-refractivity contribution in [2.45, 2.75) is 38.0 Å². The van der Waals surface area contributed by atoms with E-state index in [-0.39, 0.29) is 28.9 Å². The number of pyridine rings is 1. The number of benzene rings is 1. The van der Waals surface area contributed by atoms with Gasteiger partial charge in [0.2, 0.25) is 5.43 Å². The zero-order valence-corrected chi connectivity index (χ0v) is 22.8. The van der Waals surface area contributed by atoms with Crippen LogP contribution in [0.3, 0.4) is 0 Å². The number of hydrogen-bond donors (Lipinski definition) is 2. The summed E-state index contributed by atoms with van der Waals surface area (Å²) in [4.78, 5) is 30.9. The van der Waals surface area contributed by atoms with Crippen molar-refractivity contribution >= 4 is 28.3 Å². The van der Waals surface area contributed by atoms with E-state index in [4.69, 9.17) is 9.15 Å². The topological polar surface area (TPSA) is 116 Å². The van der Waals surface area contributed by atoms with Crippen molar-refractivity contribution in [2.75, 3.05) is 52.3 Å². The minimum atomic E-state index is -1.32. The molecule has 1 aliphatic carbocycles. The Labute approximate surface area is 230 Å². The fourth-order valence-electron chi connectivity index (χ4n) is 5.57. The van der Waals surface area contributed by atoms with Crippen LogP contribution in [0.25, 0.3) is 10.9 Å². The molecule has 2 fully saturated rings. The van der Waals surface area contributed by atoms with Gasteiger partial charge in [-0.05, 0) is 45.1 Å². The van der Waals surface area contributed by atoms with Gasteiger partial charge in [-0.25, -0.2) is 9.18 Å². The summed E-state index contributed by atoms with van der Waals surface area (Å²) < 4.78 is 29.2. The molecule has 1 atom stereocenters. The third-order valence-corrected chi connectivity index (χ3v) is 7.95. The summed E-state index contributed by atoms with van der Waals surface area (Å²) in [5.41, 5.74) is 3.69. The lowest BCUT2D eigenvalue weighted by atomic mass is 10.1. The van der Waals surface area contributed by atoms with Gasteiger partial charge in [-0.15, -0.1) is 0 Å². The highest BCUT2D eigenvalue weighted by atomic mass is 19.1. The number of aromatic carboxylic acids is 1. The molecule has 2 aliphatic heterocycles. The van der Waals surface area contributed by atoms with Crippen molar-refractivity contribution in [1.29, 1.82) is 0 Å². The van der Waals surface area contributed by atoms with Gasteiger partial charge in [0.25, 0.3) is 0 Å². The van der Waals surface area contributed by atoms with Crippen molar-refractivity contribution in [3.05, 3.63) is 57.5 Å². The fraction of sp³-hybridized carbons (Fsp3) is 0.464. The highest BCUT2D eigenvalue weighted by molar-refractivity contribution is 5.99. The zero-order valence-electron chi connectivity index (χ0n) is 22.8. The van der Waals surface area contributed by atoms with E-state index in [2.05, 4.69) is 20.3 Å². The molecule has 1 saturated carbocycles. The van der Waals surface area contributed by atoms with Crippen LogP contribution in [0.4, 0.5) is 10.1 Å². The van der Waals surface area contributed by atoms with Crippen LogP contribution in [-0.2, 0) is 6.54 Å². The molecule has 6 rings (SSSR count). The Morgan fingerprint density at radius 3 is 2.62 bits per heavy atom. The Morgan fingerprint density at radius 1 is 1.25 bits per heavy atom. The Kier molecular flexibility index (Phi) is 6.75. The number of furan rings is 1. The maximum atomic E-state index is 15.6. The van der Waals surface area contributed by atoms with Crippen LogP contribution in [0.2, 0.25) is 0 Å². The predicted molar refractivity (Wildman–Crippen MR) is 148 cm³/mol. The lowest BCUT2D eigenvalue weighted by Crippen LogP contribution is -2.46. The van der Waals surface area contributed by atoms with Crippen molar-refractivity contribution in [3.8, 4) is 5.75 Å². The van der Waals surface area contributed by atoms with Crippen LogP contribution in [0.15, 0.2) is 38.7 Å². The maximum Gasteiger partial charge on any atom is 0.341 e. The molecule has 1 saturated heterocycles. The zero-order chi connectivity index (χ0) is 28.1. The Balaban J connectivity index is 1.21. The first kappa shape index (κ1) is 26.3. The number of fused-ring (bicyclic) bond motifs is 1. The molecule has 1 unspecified atom stereocenters. The van der Waals surface area contributed by atoms with Crippen LogP contribution in [-0.4, -0.2) is 84.7 Å². The summed E-state index contributed by atoms with van der Waals surface area (Å²) in [5, 5.41) is 14.0. The minimum absolute atomic E-state index is 0.0242. The minimum Gasteiger partial charge on any atom is -0.492 e. The number of rotatable bonds is 8. The van der Waals surface area contributed by atoms with Crippen molar-refractivity contribution < 1.29 is 23.4 Å². The van der Waals surface area contributed by atoms with Crippen LogP contribution in [0.1, 0.15) is 47.2 Å². The van der Waals surface area contributed by atoms with Gasteiger partial charge in [0.05, 0.1) is 24.6 Å². The third kappa shape index (κ3) is 4.71. The Bertz CT molecular complexity index is 1550. The molecule has 0 amide bonds. The second kappa shape index (κ2) is 10.3. The summed E-state index contributed by atoms with van der Waals surface area (Å²) in [6.07, 6.45) is 4.02. The molecule has 3 aliphatic rings. The van der Waals surface area contributed by atoms with E-state index >= 15 is 4.39 Å². The molecule has 11 nitrogen and oxygen atoms in total. The molecule has 4 heterocycles. The molecule has 40 heavy (non-hydrogen) atoms. The highest BCUT2D eigenvalue weighted by Crippen LogP contribution is 2.43. The number of methoxy groups -OCH3 is 1. The second-order valence-electron chi connectivity index (χ2n) is 10.9. The first-order chi connectivity index (χ1) is 19.2. The monoisotopic (exact) mass is 552 g/mol. The van der Waals surface area contributed by atoms with Crippen LogP contribution in [0.5, 0.6) is 5.75 Å².